The van der Waals surface area contributed by atoms with Crippen molar-refractivity contribution in [2.24, 2.45) is 0 Å². The smallest absolute Gasteiger partial charge is 0.269 e. The van der Waals surface area contributed by atoms with E-state index in [1.54, 1.807) is 6.07 Å². The first-order valence-electron chi connectivity index (χ1n) is 6.87. The van der Waals surface area contributed by atoms with Crippen molar-refractivity contribution in [3.05, 3.63) is 65.6 Å². The van der Waals surface area contributed by atoms with Crippen molar-refractivity contribution in [2.45, 2.75) is 0 Å². The molecule has 0 atom stereocenters. The van der Waals surface area contributed by atoms with Crippen LogP contribution in [-0.2, 0) is 0 Å². The van der Waals surface area contributed by atoms with Crippen LogP contribution in [-0.4, -0.2) is 17.3 Å². The molecule has 0 unspecified atom stereocenters. The number of benzene rings is 2. The van der Waals surface area contributed by atoms with Gasteiger partial charge >= 0.3 is 0 Å². The van der Waals surface area contributed by atoms with Gasteiger partial charge in [0.25, 0.3) is 5.89 Å². The zero-order chi connectivity index (χ0) is 17.1. The number of methoxy groups -OCH3 is 1. The monoisotopic (exact) mass is 348 g/mol. The van der Waals surface area contributed by atoms with Crippen molar-refractivity contribution in [2.75, 3.05) is 7.11 Å². The molecule has 0 amide bonds. The van der Waals surface area contributed by atoms with Crippen LogP contribution in [0.25, 0.3) is 22.5 Å². The lowest BCUT2D eigenvalue weighted by atomic mass is 10.2. The van der Waals surface area contributed by atoms with Crippen LogP contribution in [0.4, 0.5) is 8.78 Å². The molecule has 0 fully saturated rings. The number of rotatable bonds is 4. The van der Waals surface area contributed by atoms with Crippen molar-refractivity contribution in [1.82, 2.24) is 10.1 Å². The average molecular weight is 349 g/mol. The largest absolute Gasteiger partial charge is 0.494 e. The van der Waals surface area contributed by atoms with Crippen molar-refractivity contribution in [1.29, 1.82) is 0 Å². The summed E-state index contributed by atoms with van der Waals surface area (Å²) in [6, 6.07) is 10.1. The van der Waals surface area contributed by atoms with Crippen LogP contribution in [0.15, 0.2) is 47.0 Å². The average Bonchev–Trinajstić information content (AvgIpc) is 3.06. The molecule has 1 heterocycles. The molecule has 7 heteroatoms. The molecule has 0 N–H and O–H groups in total. The molecule has 4 nitrogen and oxygen atoms in total. The summed E-state index contributed by atoms with van der Waals surface area (Å²) in [5.41, 5.74) is 1.10. The normalized spacial score (nSPS) is 11.6. The lowest BCUT2D eigenvalue weighted by molar-refractivity contribution is 0.386. The van der Waals surface area contributed by atoms with Gasteiger partial charge in [-0.25, -0.2) is 8.78 Å². The van der Waals surface area contributed by atoms with Gasteiger partial charge in [-0.05, 0) is 48.0 Å². The minimum Gasteiger partial charge on any atom is -0.494 e. The molecule has 0 bridgehead atoms. The van der Waals surface area contributed by atoms with Gasteiger partial charge in [-0.1, -0.05) is 22.8 Å². The van der Waals surface area contributed by atoms with Gasteiger partial charge in [0.05, 0.1) is 7.11 Å². The number of nitrogens with zero attached hydrogens (tertiary/aromatic N) is 2. The first-order valence-corrected chi connectivity index (χ1v) is 7.25. The van der Waals surface area contributed by atoms with Gasteiger partial charge in [0.1, 0.15) is 10.8 Å². The third-order valence-electron chi connectivity index (χ3n) is 3.20. The molecule has 0 aliphatic rings. The Hall–Kier alpha value is -2.73. The minimum atomic E-state index is -0.506. The van der Waals surface area contributed by atoms with Crippen LogP contribution in [0.1, 0.15) is 11.5 Å². The van der Waals surface area contributed by atoms with Gasteiger partial charge in [0.2, 0.25) is 5.82 Å². The van der Waals surface area contributed by atoms with E-state index in [4.69, 9.17) is 20.9 Å². The fourth-order valence-electron chi connectivity index (χ4n) is 2.02. The van der Waals surface area contributed by atoms with Gasteiger partial charge in [0.15, 0.2) is 11.6 Å². The summed E-state index contributed by atoms with van der Waals surface area (Å²) in [5.74, 6) is -0.375. The lowest BCUT2D eigenvalue weighted by Crippen LogP contribution is -1.88. The molecular weight excluding hydrogens is 338 g/mol. The molecule has 0 saturated carbocycles. The molecule has 1 aromatic heterocycles. The summed E-state index contributed by atoms with van der Waals surface area (Å²) in [6.07, 6.45) is 1.49. The molecule has 0 aliphatic heterocycles. The Morgan fingerprint density at radius 3 is 2.58 bits per heavy atom. The van der Waals surface area contributed by atoms with E-state index in [1.807, 2.05) is 0 Å². The topological polar surface area (TPSA) is 48.2 Å². The molecule has 24 heavy (non-hydrogen) atoms. The van der Waals surface area contributed by atoms with Crippen molar-refractivity contribution in [3.8, 4) is 17.1 Å². The fourth-order valence-corrected chi connectivity index (χ4v) is 2.22. The highest BCUT2D eigenvalue weighted by molar-refractivity contribution is 6.50. The third-order valence-corrected chi connectivity index (χ3v) is 3.47. The Morgan fingerprint density at radius 2 is 1.92 bits per heavy atom. The molecular formula is C17H11ClF2N2O2. The Bertz CT molecular complexity index is 892. The van der Waals surface area contributed by atoms with E-state index < -0.39 is 5.82 Å². The second-order valence-electron chi connectivity index (χ2n) is 4.82. The SMILES string of the molecule is COc1ccc(/C=C(\Cl)c2nc(-c3ccc(F)cc3)no2)cc1F. The van der Waals surface area contributed by atoms with Crippen LogP contribution in [0, 0.1) is 11.6 Å². The Balaban J connectivity index is 1.86. The summed E-state index contributed by atoms with van der Waals surface area (Å²) < 4.78 is 36.6. The lowest BCUT2D eigenvalue weighted by Gasteiger charge is -2.02. The van der Waals surface area contributed by atoms with Crippen molar-refractivity contribution < 1.29 is 18.0 Å². The van der Waals surface area contributed by atoms with Gasteiger partial charge in [-0.15, -0.1) is 0 Å². The number of hydrogen-bond acceptors (Lipinski definition) is 4. The second-order valence-corrected chi connectivity index (χ2v) is 5.22. The number of hydrogen-bond donors (Lipinski definition) is 0. The highest BCUT2D eigenvalue weighted by atomic mass is 35.5. The number of halogens is 3. The highest BCUT2D eigenvalue weighted by Crippen LogP contribution is 2.26. The maximum absolute atomic E-state index is 13.7. The van der Waals surface area contributed by atoms with Crippen molar-refractivity contribution >= 4 is 22.7 Å². The molecule has 0 saturated heterocycles. The third kappa shape index (κ3) is 3.44. The van der Waals surface area contributed by atoms with Crippen LogP contribution in [0.5, 0.6) is 5.75 Å². The minimum absolute atomic E-state index is 0.0761. The quantitative estimate of drug-likeness (QED) is 0.682. The van der Waals surface area contributed by atoms with Crippen LogP contribution in [0.3, 0.4) is 0 Å². The van der Waals surface area contributed by atoms with Gasteiger partial charge in [0, 0.05) is 5.56 Å². The molecule has 0 spiro atoms. The first kappa shape index (κ1) is 16.1. The van der Waals surface area contributed by atoms with E-state index in [0.717, 1.165) is 0 Å². The summed E-state index contributed by atoms with van der Waals surface area (Å²) >= 11 is 6.14. The standard InChI is InChI=1S/C17H11ClF2N2O2/c1-23-15-7-2-10(9-14(15)20)8-13(18)17-21-16(22-24-17)11-3-5-12(19)6-4-11/h2-9H,1H3/b13-8-. The molecule has 122 valence electrons. The Labute approximate surface area is 141 Å². The van der Waals surface area contributed by atoms with E-state index in [1.165, 1.54) is 49.6 Å². The van der Waals surface area contributed by atoms with E-state index in [9.17, 15) is 8.78 Å². The molecule has 2 aromatic carbocycles. The zero-order valence-corrected chi connectivity index (χ0v) is 13.2. The highest BCUT2D eigenvalue weighted by Gasteiger charge is 2.12. The molecule has 0 aliphatic carbocycles. The van der Waals surface area contributed by atoms with Crippen LogP contribution < -0.4 is 4.74 Å². The molecule has 3 rings (SSSR count). The van der Waals surface area contributed by atoms with Crippen LogP contribution in [0.2, 0.25) is 0 Å². The first-order chi connectivity index (χ1) is 11.6. The van der Waals surface area contributed by atoms with Gasteiger partial charge in [-0.3, -0.25) is 0 Å². The maximum atomic E-state index is 13.7. The summed E-state index contributed by atoms with van der Waals surface area (Å²) in [4.78, 5) is 4.14. The molecule has 0 radical (unpaired) electrons. The van der Waals surface area contributed by atoms with Crippen LogP contribution >= 0.6 is 11.6 Å². The fraction of sp³-hybridized carbons (Fsp3) is 0.0588. The summed E-state index contributed by atoms with van der Waals surface area (Å²) in [7, 11) is 1.39. The van der Waals surface area contributed by atoms with E-state index in [2.05, 4.69) is 10.1 Å². The Kier molecular flexibility index (Phi) is 4.57. The Morgan fingerprint density at radius 1 is 1.17 bits per heavy atom. The van der Waals surface area contributed by atoms with Crippen molar-refractivity contribution in [3.63, 3.8) is 0 Å². The van der Waals surface area contributed by atoms with E-state index in [0.29, 0.717) is 11.1 Å². The number of ether oxygens (including phenoxy) is 1. The van der Waals surface area contributed by atoms with Gasteiger partial charge in [-0.2, -0.15) is 4.98 Å². The molecule has 3 aromatic rings. The number of aromatic nitrogens is 2. The van der Waals surface area contributed by atoms with E-state index in [-0.39, 0.29) is 28.3 Å². The second kappa shape index (κ2) is 6.80. The van der Waals surface area contributed by atoms with E-state index >= 15 is 0 Å². The maximum Gasteiger partial charge on any atom is 0.269 e. The predicted molar refractivity (Wildman–Crippen MR) is 86.4 cm³/mol. The summed E-state index contributed by atoms with van der Waals surface area (Å²) in [5, 5.41) is 3.95. The summed E-state index contributed by atoms with van der Waals surface area (Å²) in [6.45, 7) is 0. The zero-order valence-electron chi connectivity index (χ0n) is 12.5. The predicted octanol–water partition coefficient (Wildman–Crippen LogP) is 4.76. The van der Waals surface area contributed by atoms with Gasteiger partial charge < -0.3 is 9.26 Å².